The number of aliphatic imine (C=N–C) groups is 1. The molecule has 1 fully saturated rings. The molecule has 12 heteroatoms. The molecule has 0 saturated carbocycles. The normalized spacial score (nSPS) is 20.2. The molecular formula is C23H27N5O6S. The molecule has 11 nitrogen and oxygen atoms in total. The van der Waals surface area contributed by atoms with Gasteiger partial charge in [0.2, 0.25) is 5.91 Å². The lowest BCUT2D eigenvalue weighted by molar-refractivity contribution is -0.384. The number of esters is 1. The first-order valence-corrected chi connectivity index (χ1v) is 12.1. The van der Waals surface area contributed by atoms with E-state index >= 15 is 0 Å². The van der Waals surface area contributed by atoms with Crippen LogP contribution < -0.4 is 5.32 Å². The number of rotatable bonds is 8. The van der Waals surface area contributed by atoms with Crippen LogP contribution in [0.1, 0.15) is 24.9 Å². The predicted molar refractivity (Wildman–Crippen MR) is 130 cm³/mol. The molecule has 186 valence electrons. The summed E-state index contributed by atoms with van der Waals surface area (Å²) >= 11 is 1.35. The molecule has 0 bridgehead atoms. The number of thioether (sulfide) groups is 1. The maximum Gasteiger partial charge on any atom is 0.338 e. The number of fused-ring (bicyclic) bond motifs is 1. The van der Waals surface area contributed by atoms with Gasteiger partial charge in [-0.3, -0.25) is 19.8 Å². The first-order chi connectivity index (χ1) is 16.9. The molecule has 1 saturated heterocycles. The van der Waals surface area contributed by atoms with E-state index in [1.807, 2.05) is 5.41 Å². The van der Waals surface area contributed by atoms with Crippen LogP contribution in [0.2, 0.25) is 0 Å². The smallest absolute Gasteiger partial charge is 0.338 e. The number of nitro groups is 1. The van der Waals surface area contributed by atoms with Gasteiger partial charge in [0.1, 0.15) is 0 Å². The van der Waals surface area contributed by atoms with Gasteiger partial charge in [0, 0.05) is 44.0 Å². The summed E-state index contributed by atoms with van der Waals surface area (Å²) in [7, 11) is 1.28. The van der Waals surface area contributed by atoms with Gasteiger partial charge in [-0.15, -0.1) is 0 Å². The standard InChI is InChI=1S/C23H27N5O6S/c1-15-20(22(30)33-2)21(16-4-3-5-17(12-16)28(31)32)27-18(14-35-23(27)25-15)13-19(29)24-6-7-26-8-10-34-11-9-26/h3-5,12,14,21H,6-11,13H2,1-2H3,(H,24,29). The van der Waals surface area contributed by atoms with Crippen molar-refractivity contribution in [1.82, 2.24) is 15.1 Å². The van der Waals surface area contributed by atoms with Gasteiger partial charge in [0.05, 0.1) is 49.0 Å². The highest BCUT2D eigenvalue weighted by Gasteiger charge is 2.41. The summed E-state index contributed by atoms with van der Waals surface area (Å²) in [6.45, 7) is 6.05. The summed E-state index contributed by atoms with van der Waals surface area (Å²) < 4.78 is 10.4. The summed E-state index contributed by atoms with van der Waals surface area (Å²) in [5.41, 5.74) is 1.84. The molecular weight excluding hydrogens is 474 g/mol. The van der Waals surface area contributed by atoms with Crippen molar-refractivity contribution in [1.29, 1.82) is 0 Å². The number of amidine groups is 1. The Balaban J connectivity index is 1.55. The Labute approximate surface area is 207 Å². The maximum absolute atomic E-state index is 12.8. The summed E-state index contributed by atoms with van der Waals surface area (Å²) in [6, 6.07) is 5.42. The molecule has 0 aromatic heterocycles. The molecule has 1 atom stereocenters. The molecule has 0 spiro atoms. The number of ether oxygens (including phenoxy) is 2. The van der Waals surface area contributed by atoms with Crippen LogP contribution in [0.3, 0.4) is 0 Å². The summed E-state index contributed by atoms with van der Waals surface area (Å²) in [5.74, 6) is -0.733. The number of hydrogen-bond donors (Lipinski definition) is 1. The van der Waals surface area contributed by atoms with Crippen LogP contribution in [-0.4, -0.2) is 78.3 Å². The summed E-state index contributed by atoms with van der Waals surface area (Å²) in [4.78, 5) is 45.1. The lowest BCUT2D eigenvalue weighted by atomic mass is 9.93. The molecule has 1 amide bonds. The Kier molecular flexibility index (Phi) is 7.83. The number of allylic oxidation sites excluding steroid dienone is 1. The van der Waals surface area contributed by atoms with Gasteiger partial charge in [-0.2, -0.15) is 0 Å². The molecule has 1 unspecified atom stereocenters. The van der Waals surface area contributed by atoms with Crippen molar-refractivity contribution in [2.75, 3.05) is 46.5 Å². The first kappa shape index (κ1) is 24.9. The quantitative estimate of drug-likeness (QED) is 0.324. The molecule has 3 aliphatic rings. The van der Waals surface area contributed by atoms with Gasteiger partial charge in [-0.25, -0.2) is 9.79 Å². The molecule has 4 rings (SSSR count). The van der Waals surface area contributed by atoms with Crippen LogP contribution in [0.25, 0.3) is 0 Å². The van der Waals surface area contributed by atoms with E-state index in [9.17, 15) is 19.7 Å². The molecule has 3 heterocycles. The number of non-ortho nitro benzene ring substituents is 1. The van der Waals surface area contributed by atoms with Crippen LogP contribution in [0, 0.1) is 10.1 Å². The average Bonchev–Trinajstić information content (AvgIpc) is 3.25. The average molecular weight is 502 g/mol. The van der Waals surface area contributed by atoms with Crippen molar-refractivity contribution < 1.29 is 24.0 Å². The second-order valence-corrected chi connectivity index (χ2v) is 9.05. The van der Waals surface area contributed by atoms with E-state index in [2.05, 4.69) is 15.2 Å². The highest BCUT2D eigenvalue weighted by molar-refractivity contribution is 8.16. The minimum absolute atomic E-state index is 0.0774. The molecule has 35 heavy (non-hydrogen) atoms. The fourth-order valence-electron chi connectivity index (χ4n) is 4.27. The van der Waals surface area contributed by atoms with Crippen molar-refractivity contribution in [3.8, 4) is 0 Å². The van der Waals surface area contributed by atoms with Crippen molar-refractivity contribution in [2.45, 2.75) is 19.4 Å². The Morgan fingerprint density at radius 3 is 2.83 bits per heavy atom. The third-order valence-electron chi connectivity index (χ3n) is 6.00. The zero-order valence-electron chi connectivity index (χ0n) is 19.6. The molecule has 1 aromatic carbocycles. The predicted octanol–water partition coefficient (Wildman–Crippen LogP) is 2.18. The van der Waals surface area contributed by atoms with Crippen molar-refractivity contribution >= 4 is 34.5 Å². The number of nitro benzene ring substituents is 1. The number of morpholine rings is 1. The molecule has 1 N–H and O–H groups in total. The molecule has 0 aliphatic carbocycles. The lowest BCUT2D eigenvalue weighted by Gasteiger charge is -2.36. The Morgan fingerprint density at radius 1 is 1.34 bits per heavy atom. The van der Waals surface area contributed by atoms with Crippen LogP contribution >= 0.6 is 11.8 Å². The summed E-state index contributed by atoms with van der Waals surface area (Å²) in [5, 5.41) is 16.8. The molecule has 0 radical (unpaired) electrons. The van der Waals surface area contributed by atoms with Crippen LogP contribution in [0.15, 0.2) is 51.6 Å². The molecule has 1 aromatic rings. The van der Waals surface area contributed by atoms with E-state index in [1.54, 1.807) is 24.0 Å². The van der Waals surface area contributed by atoms with E-state index < -0.39 is 16.9 Å². The van der Waals surface area contributed by atoms with E-state index in [1.165, 1.54) is 31.0 Å². The highest BCUT2D eigenvalue weighted by atomic mass is 32.2. The number of amides is 1. The van der Waals surface area contributed by atoms with Crippen LogP contribution in [0.4, 0.5) is 5.69 Å². The lowest BCUT2D eigenvalue weighted by Crippen LogP contribution is -2.42. The third kappa shape index (κ3) is 5.55. The zero-order chi connectivity index (χ0) is 24.9. The largest absolute Gasteiger partial charge is 0.466 e. The van der Waals surface area contributed by atoms with E-state index in [0.29, 0.717) is 41.9 Å². The maximum atomic E-state index is 12.8. The van der Waals surface area contributed by atoms with Crippen molar-refractivity contribution in [3.05, 3.63) is 62.3 Å². The van der Waals surface area contributed by atoms with Crippen molar-refractivity contribution in [3.63, 3.8) is 0 Å². The molecule has 3 aliphatic heterocycles. The number of benzene rings is 1. The number of hydrogen-bond acceptors (Lipinski definition) is 10. The summed E-state index contributed by atoms with van der Waals surface area (Å²) in [6.07, 6.45) is 0.0774. The SMILES string of the molecule is COC(=O)C1=C(C)N=C2SC=C(CC(=O)NCCN3CCOCC3)N2C1c1cccc([N+](=O)[O-])c1. The Morgan fingerprint density at radius 2 is 2.11 bits per heavy atom. The number of carbonyl (C=O) groups excluding carboxylic acids is 2. The van der Waals surface area contributed by atoms with Gasteiger partial charge < -0.3 is 19.7 Å². The van der Waals surface area contributed by atoms with Gasteiger partial charge in [-0.1, -0.05) is 23.9 Å². The van der Waals surface area contributed by atoms with E-state index in [0.717, 1.165) is 19.6 Å². The van der Waals surface area contributed by atoms with E-state index in [4.69, 9.17) is 9.47 Å². The third-order valence-corrected chi connectivity index (χ3v) is 6.89. The minimum atomic E-state index is -0.711. The Bertz CT molecular complexity index is 1110. The van der Waals surface area contributed by atoms with Crippen LogP contribution in [-0.2, 0) is 19.1 Å². The minimum Gasteiger partial charge on any atom is -0.466 e. The second kappa shape index (κ2) is 11.0. The number of carbonyl (C=O) groups is 2. The zero-order valence-corrected chi connectivity index (χ0v) is 20.4. The van der Waals surface area contributed by atoms with Gasteiger partial charge >= 0.3 is 5.97 Å². The van der Waals surface area contributed by atoms with Gasteiger partial charge in [0.25, 0.3) is 5.69 Å². The van der Waals surface area contributed by atoms with Gasteiger partial charge in [0.15, 0.2) is 5.17 Å². The van der Waals surface area contributed by atoms with Gasteiger partial charge in [-0.05, 0) is 17.9 Å². The number of nitrogens with one attached hydrogen (secondary N) is 1. The fraction of sp³-hybridized carbons (Fsp3) is 0.435. The fourth-order valence-corrected chi connectivity index (χ4v) is 5.23. The monoisotopic (exact) mass is 501 g/mol. The number of methoxy groups -OCH3 is 1. The highest BCUT2D eigenvalue weighted by Crippen LogP contribution is 2.45. The second-order valence-electron chi connectivity index (χ2n) is 8.22. The van der Waals surface area contributed by atoms with Crippen molar-refractivity contribution in [2.24, 2.45) is 4.99 Å². The first-order valence-electron chi connectivity index (χ1n) is 11.2. The Hall–Kier alpha value is -3.22. The van der Waals surface area contributed by atoms with E-state index in [-0.39, 0.29) is 23.6 Å². The number of nitrogens with zero attached hydrogens (tertiary/aromatic N) is 4. The van der Waals surface area contributed by atoms with Crippen LogP contribution in [0.5, 0.6) is 0 Å². The topological polar surface area (TPSA) is 127 Å².